The maximum atomic E-state index is 6.06. The lowest BCUT2D eigenvalue weighted by atomic mass is 9.78. The SMILES string of the molecule is COc1ccc(OCC2(N)CCC2)cc1. The van der Waals surface area contributed by atoms with Gasteiger partial charge >= 0.3 is 0 Å². The molecule has 1 saturated carbocycles. The average molecular weight is 207 g/mol. The normalized spacial score (nSPS) is 18.0. The molecular formula is C12H17NO2. The Balaban J connectivity index is 1.87. The Kier molecular flexibility index (Phi) is 2.82. The van der Waals surface area contributed by atoms with E-state index in [0.29, 0.717) is 6.61 Å². The molecule has 0 radical (unpaired) electrons. The van der Waals surface area contributed by atoms with Gasteiger partial charge in [-0.2, -0.15) is 0 Å². The van der Waals surface area contributed by atoms with Gasteiger partial charge in [0.1, 0.15) is 18.1 Å². The van der Waals surface area contributed by atoms with Crippen LogP contribution in [0.1, 0.15) is 19.3 Å². The summed E-state index contributed by atoms with van der Waals surface area (Å²) in [5.41, 5.74) is 5.97. The van der Waals surface area contributed by atoms with E-state index in [0.717, 1.165) is 24.3 Å². The predicted molar refractivity (Wildman–Crippen MR) is 59.3 cm³/mol. The van der Waals surface area contributed by atoms with Gasteiger partial charge in [0.2, 0.25) is 0 Å². The van der Waals surface area contributed by atoms with Gasteiger partial charge in [0.05, 0.1) is 12.6 Å². The maximum absolute atomic E-state index is 6.06. The van der Waals surface area contributed by atoms with Crippen molar-refractivity contribution in [2.75, 3.05) is 13.7 Å². The first-order valence-corrected chi connectivity index (χ1v) is 5.28. The summed E-state index contributed by atoms with van der Waals surface area (Å²) in [6.45, 7) is 0.610. The van der Waals surface area contributed by atoms with E-state index in [9.17, 15) is 0 Å². The van der Waals surface area contributed by atoms with Crippen LogP contribution in [0.15, 0.2) is 24.3 Å². The van der Waals surface area contributed by atoms with E-state index in [1.54, 1.807) is 7.11 Å². The smallest absolute Gasteiger partial charge is 0.119 e. The first-order chi connectivity index (χ1) is 7.22. The second kappa shape index (κ2) is 4.11. The Hall–Kier alpha value is -1.22. The summed E-state index contributed by atoms with van der Waals surface area (Å²) in [5.74, 6) is 1.70. The number of methoxy groups -OCH3 is 1. The summed E-state index contributed by atoms with van der Waals surface area (Å²) < 4.78 is 10.7. The van der Waals surface area contributed by atoms with Crippen molar-refractivity contribution in [3.63, 3.8) is 0 Å². The van der Waals surface area contributed by atoms with Crippen LogP contribution in [0.25, 0.3) is 0 Å². The third-order valence-corrected chi connectivity index (χ3v) is 2.94. The molecule has 0 saturated heterocycles. The Morgan fingerprint density at radius 2 is 1.80 bits per heavy atom. The molecule has 1 aliphatic rings. The second-order valence-corrected chi connectivity index (χ2v) is 4.18. The van der Waals surface area contributed by atoms with Gasteiger partial charge in [0.15, 0.2) is 0 Å². The second-order valence-electron chi connectivity index (χ2n) is 4.18. The van der Waals surface area contributed by atoms with E-state index < -0.39 is 0 Å². The largest absolute Gasteiger partial charge is 0.497 e. The van der Waals surface area contributed by atoms with Crippen LogP contribution in [0.3, 0.4) is 0 Å². The number of rotatable bonds is 4. The third-order valence-electron chi connectivity index (χ3n) is 2.94. The fourth-order valence-electron chi connectivity index (χ4n) is 1.67. The zero-order valence-electron chi connectivity index (χ0n) is 9.03. The van der Waals surface area contributed by atoms with Gasteiger partial charge in [0.25, 0.3) is 0 Å². The van der Waals surface area contributed by atoms with Crippen molar-refractivity contribution < 1.29 is 9.47 Å². The highest BCUT2D eigenvalue weighted by atomic mass is 16.5. The highest BCUT2D eigenvalue weighted by molar-refractivity contribution is 5.31. The number of hydrogen-bond donors (Lipinski definition) is 1. The highest BCUT2D eigenvalue weighted by Crippen LogP contribution is 2.29. The summed E-state index contributed by atoms with van der Waals surface area (Å²) in [5, 5.41) is 0. The predicted octanol–water partition coefficient (Wildman–Crippen LogP) is 1.96. The lowest BCUT2D eigenvalue weighted by molar-refractivity contribution is 0.142. The lowest BCUT2D eigenvalue weighted by Gasteiger charge is -2.37. The molecular weight excluding hydrogens is 190 g/mol. The molecule has 3 nitrogen and oxygen atoms in total. The molecule has 1 aromatic carbocycles. The van der Waals surface area contributed by atoms with Gasteiger partial charge < -0.3 is 15.2 Å². The Morgan fingerprint density at radius 1 is 1.20 bits per heavy atom. The zero-order chi connectivity index (χ0) is 10.7. The molecule has 1 aliphatic carbocycles. The molecule has 0 spiro atoms. The molecule has 3 heteroatoms. The van der Waals surface area contributed by atoms with Crippen LogP contribution < -0.4 is 15.2 Å². The molecule has 0 aromatic heterocycles. The molecule has 0 unspecified atom stereocenters. The van der Waals surface area contributed by atoms with Gasteiger partial charge in [-0.3, -0.25) is 0 Å². The Bertz CT molecular complexity index is 317. The van der Waals surface area contributed by atoms with Crippen molar-refractivity contribution >= 4 is 0 Å². The van der Waals surface area contributed by atoms with Crippen molar-refractivity contribution in [1.82, 2.24) is 0 Å². The Labute approximate surface area is 90.2 Å². The minimum atomic E-state index is -0.0834. The molecule has 0 aliphatic heterocycles. The average Bonchev–Trinajstić information content (AvgIpc) is 2.24. The fraction of sp³-hybridized carbons (Fsp3) is 0.500. The number of ether oxygens (including phenoxy) is 2. The van der Waals surface area contributed by atoms with E-state index in [1.165, 1.54) is 6.42 Å². The van der Waals surface area contributed by atoms with Crippen molar-refractivity contribution in [3.8, 4) is 11.5 Å². The van der Waals surface area contributed by atoms with Crippen molar-refractivity contribution in [3.05, 3.63) is 24.3 Å². The zero-order valence-corrected chi connectivity index (χ0v) is 9.03. The summed E-state index contributed by atoms with van der Waals surface area (Å²) in [6.07, 6.45) is 3.37. The fourth-order valence-corrected chi connectivity index (χ4v) is 1.67. The van der Waals surface area contributed by atoms with E-state index in [2.05, 4.69) is 0 Å². The molecule has 1 aromatic rings. The lowest BCUT2D eigenvalue weighted by Crippen LogP contribution is -2.51. The van der Waals surface area contributed by atoms with Crippen LogP contribution >= 0.6 is 0 Å². The number of nitrogens with two attached hydrogens (primary N) is 1. The molecule has 2 N–H and O–H groups in total. The van der Waals surface area contributed by atoms with Crippen LogP contribution in [-0.2, 0) is 0 Å². The van der Waals surface area contributed by atoms with Crippen molar-refractivity contribution in [2.24, 2.45) is 5.73 Å². The van der Waals surface area contributed by atoms with Crippen molar-refractivity contribution in [1.29, 1.82) is 0 Å². The quantitative estimate of drug-likeness (QED) is 0.820. The van der Waals surface area contributed by atoms with E-state index in [1.807, 2.05) is 24.3 Å². The highest BCUT2D eigenvalue weighted by Gasteiger charge is 2.33. The van der Waals surface area contributed by atoms with Crippen LogP contribution in [0.4, 0.5) is 0 Å². The van der Waals surface area contributed by atoms with Crippen LogP contribution in [-0.4, -0.2) is 19.3 Å². The maximum Gasteiger partial charge on any atom is 0.119 e. The van der Waals surface area contributed by atoms with Gasteiger partial charge in [0, 0.05) is 0 Å². The molecule has 0 amide bonds. The molecule has 2 rings (SSSR count). The minimum Gasteiger partial charge on any atom is -0.497 e. The third kappa shape index (κ3) is 2.42. The summed E-state index contributed by atoms with van der Waals surface area (Å²) in [6, 6.07) is 7.58. The number of benzene rings is 1. The van der Waals surface area contributed by atoms with Crippen LogP contribution in [0.5, 0.6) is 11.5 Å². The topological polar surface area (TPSA) is 44.5 Å². The van der Waals surface area contributed by atoms with Gasteiger partial charge in [-0.05, 0) is 43.5 Å². The summed E-state index contributed by atoms with van der Waals surface area (Å²) in [4.78, 5) is 0. The summed E-state index contributed by atoms with van der Waals surface area (Å²) >= 11 is 0. The Morgan fingerprint density at radius 3 is 2.27 bits per heavy atom. The first kappa shape index (κ1) is 10.3. The molecule has 82 valence electrons. The van der Waals surface area contributed by atoms with Gasteiger partial charge in [-0.15, -0.1) is 0 Å². The summed E-state index contributed by atoms with van der Waals surface area (Å²) in [7, 11) is 1.65. The monoisotopic (exact) mass is 207 g/mol. The molecule has 0 atom stereocenters. The van der Waals surface area contributed by atoms with E-state index >= 15 is 0 Å². The van der Waals surface area contributed by atoms with E-state index in [-0.39, 0.29) is 5.54 Å². The van der Waals surface area contributed by atoms with Crippen molar-refractivity contribution in [2.45, 2.75) is 24.8 Å². The van der Waals surface area contributed by atoms with Gasteiger partial charge in [-0.25, -0.2) is 0 Å². The molecule has 0 heterocycles. The number of hydrogen-bond acceptors (Lipinski definition) is 3. The minimum absolute atomic E-state index is 0.0834. The standard InChI is InChI=1S/C12H17NO2/c1-14-10-3-5-11(6-4-10)15-9-12(13)7-2-8-12/h3-6H,2,7-9,13H2,1H3. The van der Waals surface area contributed by atoms with E-state index in [4.69, 9.17) is 15.2 Å². The van der Waals surface area contributed by atoms with Gasteiger partial charge in [-0.1, -0.05) is 0 Å². The molecule has 0 bridgehead atoms. The molecule has 1 fully saturated rings. The first-order valence-electron chi connectivity index (χ1n) is 5.28. The van der Waals surface area contributed by atoms with Crippen LogP contribution in [0.2, 0.25) is 0 Å². The molecule has 15 heavy (non-hydrogen) atoms. The van der Waals surface area contributed by atoms with Crippen LogP contribution in [0, 0.1) is 0 Å².